The molecule has 0 aliphatic rings. The van der Waals surface area contributed by atoms with Crippen LogP contribution in [0.4, 0.5) is 5.69 Å². The molecule has 0 spiro atoms. The van der Waals surface area contributed by atoms with E-state index in [0.717, 1.165) is 12.0 Å². The zero-order chi connectivity index (χ0) is 15.3. The largest absolute Gasteiger partial charge is 0.322 e. The summed E-state index contributed by atoms with van der Waals surface area (Å²) in [5.74, 6) is -0.187. The van der Waals surface area contributed by atoms with Crippen LogP contribution < -0.4 is 11.1 Å². The van der Waals surface area contributed by atoms with Gasteiger partial charge in [0.15, 0.2) is 0 Å². The number of pyridine rings is 1. The molecule has 21 heavy (non-hydrogen) atoms. The van der Waals surface area contributed by atoms with E-state index in [9.17, 15) is 4.79 Å². The molecule has 112 valence electrons. The fourth-order valence-corrected chi connectivity index (χ4v) is 2.10. The molecule has 2 rings (SSSR count). The molecule has 0 aliphatic carbocycles. The highest BCUT2D eigenvalue weighted by Gasteiger charge is 2.27. The maximum absolute atomic E-state index is 12.1. The number of anilines is 1. The minimum atomic E-state index is -0.859. The predicted molar refractivity (Wildman–Crippen MR) is 81.7 cm³/mol. The molecule has 2 aromatic heterocycles. The Morgan fingerprint density at radius 2 is 2.14 bits per heavy atom. The van der Waals surface area contributed by atoms with Crippen LogP contribution in [0.3, 0.4) is 0 Å². The van der Waals surface area contributed by atoms with Gasteiger partial charge in [-0.1, -0.05) is 13.3 Å². The Balaban J connectivity index is 1.99. The second kappa shape index (κ2) is 6.49. The van der Waals surface area contributed by atoms with Gasteiger partial charge in [-0.25, -0.2) is 0 Å². The van der Waals surface area contributed by atoms with E-state index in [2.05, 4.69) is 15.4 Å². The third-order valence-electron chi connectivity index (χ3n) is 3.27. The molecule has 1 amide bonds. The summed E-state index contributed by atoms with van der Waals surface area (Å²) in [4.78, 5) is 16.1. The first-order chi connectivity index (χ1) is 10.0. The molecule has 1 atom stereocenters. The summed E-state index contributed by atoms with van der Waals surface area (Å²) in [6, 6.07) is 3.86. The van der Waals surface area contributed by atoms with Crippen LogP contribution in [0.2, 0.25) is 0 Å². The predicted octanol–water partition coefficient (Wildman–Crippen LogP) is 1.78. The normalized spacial score (nSPS) is 13.7. The molecule has 0 radical (unpaired) electrons. The first-order valence-electron chi connectivity index (χ1n) is 7.03. The van der Waals surface area contributed by atoms with Crippen LogP contribution in [0, 0.1) is 0 Å². The molecule has 0 aliphatic heterocycles. The van der Waals surface area contributed by atoms with E-state index in [1.807, 2.05) is 19.1 Å². The minimum Gasteiger partial charge on any atom is -0.322 e. The second-order valence-corrected chi connectivity index (χ2v) is 5.40. The van der Waals surface area contributed by atoms with Gasteiger partial charge >= 0.3 is 0 Å². The first-order valence-corrected chi connectivity index (χ1v) is 7.03. The fraction of sp³-hybridized carbons (Fsp3) is 0.400. The van der Waals surface area contributed by atoms with E-state index >= 15 is 0 Å². The van der Waals surface area contributed by atoms with Crippen molar-refractivity contribution in [3.63, 3.8) is 0 Å². The molecule has 0 bridgehead atoms. The standard InChI is InChI=1S/C15H21N5O/c1-3-6-15(2,16)14(21)19-13-9-18-20(11-13)10-12-4-7-17-8-5-12/h4-5,7-9,11H,3,6,10,16H2,1-2H3,(H,19,21). The molecule has 0 aromatic carbocycles. The van der Waals surface area contributed by atoms with Crippen molar-refractivity contribution in [3.05, 3.63) is 42.5 Å². The summed E-state index contributed by atoms with van der Waals surface area (Å²) in [7, 11) is 0. The van der Waals surface area contributed by atoms with E-state index in [-0.39, 0.29) is 5.91 Å². The van der Waals surface area contributed by atoms with E-state index in [0.29, 0.717) is 18.7 Å². The Hall–Kier alpha value is -2.21. The number of carbonyl (C=O) groups is 1. The molecule has 1 unspecified atom stereocenters. The topological polar surface area (TPSA) is 85.8 Å². The van der Waals surface area contributed by atoms with Crippen molar-refractivity contribution in [3.8, 4) is 0 Å². The number of nitrogens with one attached hydrogen (secondary N) is 1. The van der Waals surface area contributed by atoms with Gasteiger partial charge in [-0.2, -0.15) is 5.10 Å². The van der Waals surface area contributed by atoms with Gasteiger partial charge in [0.1, 0.15) is 0 Å². The summed E-state index contributed by atoms with van der Waals surface area (Å²) in [6.07, 6.45) is 8.41. The molecule has 6 nitrogen and oxygen atoms in total. The number of amides is 1. The highest BCUT2D eigenvalue weighted by molar-refractivity contribution is 5.97. The van der Waals surface area contributed by atoms with Gasteiger partial charge in [0.25, 0.3) is 0 Å². The lowest BCUT2D eigenvalue weighted by Gasteiger charge is -2.22. The van der Waals surface area contributed by atoms with E-state index in [1.165, 1.54) is 0 Å². The zero-order valence-corrected chi connectivity index (χ0v) is 12.4. The van der Waals surface area contributed by atoms with E-state index in [1.54, 1.807) is 36.4 Å². The lowest BCUT2D eigenvalue weighted by atomic mass is 9.96. The van der Waals surface area contributed by atoms with Crippen molar-refractivity contribution < 1.29 is 4.79 Å². The summed E-state index contributed by atoms with van der Waals surface area (Å²) < 4.78 is 1.76. The second-order valence-electron chi connectivity index (χ2n) is 5.40. The molecule has 2 aromatic rings. The maximum Gasteiger partial charge on any atom is 0.244 e. The maximum atomic E-state index is 12.1. The van der Waals surface area contributed by atoms with Crippen molar-refractivity contribution in [2.24, 2.45) is 5.73 Å². The third kappa shape index (κ3) is 4.13. The van der Waals surface area contributed by atoms with Gasteiger partial charge in [-0.15, -0.1) is 0 Å². The number of aromatic nitrogens is 3. The van der Waals surface area contributed by atoms with Crippen molar-refractivity contribution in [1.82, 2.24) is 14.8 Å². The van der Waals surface area contributed by atoms with Crippen molar-refractivity contribution >= 4 is 11.6 Å². The highest BCUT2D eigenvalue weighted by Crippen LogP contribution is 2.13. The van der Waals surface area contributed by atoms with Crippen LogP contribution in [0.5, 0.6) is 0 Å². The lowest BCUT2D eigenvalue weighted by Crippen LogP contribution is -2.48. The molecular weight excluding hydrogens is 266 g/mol. The van der Waals surface area contributed by atoms with Crippen LogP contribution in [0.25, 0.3) is 0 Å². The molecule has 6 heteroatoms. The number of nitrogens with zero attached hydrogens (tertiary/aromatic N) is 3. The number of nitrogens with two attached hydrogens (primary N) is 1. The molecule has 0 saturated carbocycles. The Morgan fingerprint density at radius 1 is 1.43 bits per heavy atom. The molecule has 3 N–H and O–H groups in total. The van der Waals surface area contributed by atoms with Crippen LogP contribution in [0.1, 0.15) is 32.3 Å². The summed E-state index contributed by atoms with van der Waals surface area (Å²) in [5.41, 5.74) is 6.90. The van der Waals surface area contributed by atoms with Crippen LogP contribution in [0.15, 0.2) is 36.9 Å². The van der Waals surface area contributed by atoms with E-state index < -0.39 is 5.54 Å². The average molecular weight is 287 g/mol. The molecule has 0 saturated heterocycles. The Labute approximate surface area is 124 Å². The van der Waals surface area contributed by atoms with Crippen molar-refractivity contribution in [2.75, 3.05) is 5.32 Å². The van der Waals surface area contributed by atoms with Crippen LogP contribution in [-0.4, -0.2) is 26.2 Å². The van der Waals surface area contributed by atoms with Gasteiger partial charge in [0.05, 0.1) is 24.0 Å². The highest BCUT2D eigenvalue weighted by atomic mass is 16.2. The van der Waals surface area contributed by atoms with Gasteiger partial charge in [0, 0.05) is 18.6 Å². The Morgan fingerprint density at radius 3 is 2.81 bits per heavy atom. The van der Waals surface area contributed by atoms with Crippen LogP contribution in [-0.2, 0) is 11.3 Å². The smallest absolute Gasteiger partial charge is 0.244 e. The number of carbonyl (C=O) groups excluding carboxylic acids is 1. The molecule has 2 heterocycles. The quantitative estimate of drug-likeness (QED) is 0.848. The average Bonchev–Trinajstić information content (AvgIpc) is 2.87. The van der Waals surface area contributed by atoms with Crippen LogP contribution >= 0.6 is 0 Å². The SMILES string of the molecule is CCCC(C)(N)C(=O)Nc1cnn(Cc2ccncc2)c1. The molecule has 0 fully saturated rings. The van der Waals surface area contributed by atoms with Crippen molar-refractivity contribution in [1.29, 1.82) is 0 Å². The van der Waals surface area contributed by atoms with E-state index in [4.69, 9.17) is 5.73 Å². The minimum absolute atomic E-state index is 0.187. The van der Waals surface area contributed by atoms with Gasteiger partial charge in [-0.3, -0.25) is 14.5 Å². The Kier molecular flexibility index (Phi) is 4.70. The fourth-order valence-electron chi connectivity index (χ4n) is 2.10. The zero-order valence-electron chi connectivity index (χ0n) is 12.4. The van der Waals surface area contributed by atoms with Gasteiger partial charge < -0.3 is 11.1 Å². The Bertz CT molecular complexity index is 591. The van der Waals surface area contributed by atoms with Gasteiger partial charge in [-0.05, 0) is 31.0 Å². The molecular formula is C15H21N5O. The number of hydrogen-bond acceptors (Lipinski definition) is 4. The van der Waals surface area contributed by atoms with Crippen molar-refractivity contribution in [2.45, 2.75) is 38.8 Å². The third-order valence-corrected chi connectivity index (χ3v) is 3.27. The number of rotatable bonds is 6. The monoisotopic (exact) mass is 287 g/mol. The van der Waals surface area contributed by atoms with Gasteiger partial charge in [0.2, 0.25) is 5.91 Å². The summed E-state index contributed by atoms with van der Waals surface area (Å²) >= 11 is 0. The first kappa shape index (κ1) is 15.2. The number of hydrogen-bond donors (Lipinski definition) is 2. The summed E-state index contributed by atoms with van der Waals surface area (Å²) in [5, 5.41) is 7.05. The summed E-state index contributed by atoms with van der Waals surface area (Å²) in [6.45, 7) is 4.38. The lowest BCUT2D eigenvalue weighted by molar-refractivity contribution is -0.120.